The Hall–Kier alpha value is -1.42. The van der Waals surface area contributed by atoms with Gasteiger partial charge in [0.05, 0.1) is 10.7 Å². The zero-order chi connectivity index (χ0) is 10.7. The van der Waals surface area contributed by atoms with Crippen molar-refractivity contribution in [2.45, 2.75) is 6.42 Å². The summed E-state index contributed by atoms with van der Waals surface area (Å²) in [5.74, 6) is 0.324. The Kier molecular flexibility index (Phi) is 2.97. The summed E-state index contributed by atoms with van der Waals surface area (Å²) in [6, 6.07) is 5.34. The summed E-state index contributed by atoms with van der Waals surface area (Å²) >= 11 is 3.25. The second-order valence-electron chi connectivity index (χ2n) is 3.05. The Morgan fingerprint density at radius 3 is 2.67 bits per heavy atom. The first-order valence-electron chi connectivity index (χ1n) is 4.42. The molecule has 0 aliphatic carbocycles. The van der Waals surface area contributed by atoms with Crippen molar-refractivity contribution in [2.24, 2.45) is 0 Å². The molecule has 0 radical (unpaired) electrons. The van der Waals surface area contributed by atoms with Crippen molar-refractivity contribution in [3.8, 4) is 0 Å². The van der Waals surface area contributed by atoms with Crippen LogP contribution in [0.3, 0.4) is 0 Å². The van der Waals surface area contributed by atoms with Crippen molar-refractivity contribution in [3.63, 3.8) is 0 Å². The summed E-state index contributed by atoms with van der Waals surface area (Å²) in [6.07, 6.45) is 5.15. The van der Waals surface area contributed by atoms with Gasteiger partial charge < -0.3 is 4.42 Å². The summed E-state index contributed by atoms with van der Waals surface area (Å²) in [5, 5.41) is 0. The van der Waals surface area contributed by atoms with Crippen LogP contribution >= 0.6 is 15.9 Å². The van der Waals surface area contributed by atoms with Gasteiger partial charge in [-0.1, -0.05) is 0 Å². The van der Waals surface area contributed by atoms with Gasteiger partial charge in [0.2, 0.25) is 5.78 Å². The van der Waals surface area contributed by atoms with Gasteiger partial charge in [0.25, 0.3) is 0 Å². The highest BCUT2D eigenvalue weighted by atomic mass is 79.9. The summed E-state index contributed by atoms with van der Waals surface area (Å²) < 4.78 is 5.78. The normalized spacial score (nSPS) is 10.2. The largest absolute Gasteiger partial charge is 0.460 e. The Labute approximate surface area is 95.3 Å². The third kappa shape index (κ3) is 2.33. The predicted octanol–water partition coefficient (Wildman–Crippen LogP) is 2.86. The van der Waals surface area contributed by atoms with E-state index in [0.717, 1.165) is 5.56 Å². The smallest absolute Gasteiger partial charge is 0.203 e. The highest BCUT2D eigenvalue weighted by molar-refractivity contribution is 9.10. The number of halogens is 1. The minimum Gasteiger partial charge on any atom is -0.460 e. The van der Waals surface area contributed by atoms with Gasteiger partial charge in [0, 0.05) is 18.8 Å². The summed E-state index contributed by atoms with van der Waals surface area (Å²) in [5.41, 5.74) is 0.929. The molecule has 0 saturated carbocycles. The third-order valence-electron chi connectivity index (χ3n) is 1.98. The molecule has 4 heteroatoms. The van der Waals surface area contributed by atoms with E-state index in [0.29, 0.717) is 16.7 Å². The van der Waals surface area contributed by atoms with E-state index in [1.165, 1.54) is 6.26 Å². The average Bonchev–Trinajstić information content (AvgIpc) is 2.66. The molecule has 0 spiro atoms. The lowest BCUT2D eigenvalue weighted by Crippen LogP contribution is -2.02. The van der Waals surface area contributed by atoms with Crippen molar-refractivity contribution in [1.29, 1.82) is 0 Å². The number of hydrogen-bond donors (Lipinski definition) is 0. The van der Waals surface area contributed by atoms with Gasteiger partial charge in [-0.3, -0.25) is 9.78 Å². The van der Waals surface area contributed by atoms with E-state index in [1.807, 2.05) is 12.1 Å². The fourth-order valence-corrected chi connectivity index (χ4v) is 1.68. The van der Waals surface area contributed by atoms with E-state index in [2.05, 4.69) is 20.9 Å². The Morgan fingerprint density at radius 1 is 1.33 bits per heavy atom. The van der Waals surface area contributed by atoms with Crippen molar-refractivity contribution < 1.29 is 9.21 Å². The van der Waals surface area contributed by atoms with Gasteiger partial charge in [-0.15, -0.1) is 0 Å². The van der Waals surface area contributed by atoms with E-state index < -0.39 is 0 Å². The molecule has 0 unspecified atom stereocenters. The monoisotopic (exact) mass is 265 g/mol. The van der Waals surface area contributed by atoms with Crippen LogP contribution < -0.4 is 0 Å². The Morgan fingerprint density at radius 2 is 2.07 bits per heavy atom. The Bertz CT molecular complexity index is 464. The molecule has 0 amide bonds. The van der Waals surface area contributed by atoms with E-state index in [-0.39, 0.29) is 5.78 Å². The number of pyridine rings is 1. The highest BCUT2D eigenvalue weighted by Gasteiger charge is 2.13. The van der Waals surface area contributed by atoms with E-state index in [1.54, 1.807) is 18.5 Å². The first-order valence-corrected chi connectivity index (χ1v) is 5.22. The number of aromatic nitrogens is 1. The van der Waals surface area contributed by atoms with Crippen LogP contribution in [0.15, 0.2) is 45.7 Å². The maximum absolute atomic E-state index is 11.8. The van der Waals surface area contributed by atoms with Crippen LogP contribution in [0, 0.1) is 0 Å². The number of carbonyl (C=O) groups is 1. The lowest BCUT2D eigenvalue weighted by Gasteiger charge is -1.98. The lowest BCUT2D eigenvalue weighted by atomic mass is 10.1. The fraction of sp³-hybridized carbons (Fsp3) is 0.0909. The van der Waals surface area contributed by atoms with E-state index >= 15 is 0 Å². The number of hydrogen-bond acceptors (Lipinski definition) is 3. The predicted molar refractivity (Wildman–Crippen MR) is 58.7 cm³/mol. The molecular formula is C11H8BrNO2. The van der Waals surface area contributed by atoms with Gasteiger partial charge >= 0.3 is 0 Å². The molecule has 3 nitrogen and oxygen atoms in total. The van der Waals surface area contributed by atoms with Crippen LogP contribution in [0.1, 0.15) is 16.1 Å². The number of Topliss-reactive ketones (excluding diaryl/α,β-unsaturated/α-hetero) is 1. The quantitative estimate of drug-likeness (QED) is 0.802. The van der Waals surface area contributed by atoms with Gasteiger partial charge in [0.15, 0.2) is 5.76 Å². The minimum absolute atomic E-state index is 0.0434. The fourth-order valence-electron chi connectivity index (χ4n) is 1.26. The van der Waals surface area contributed by atoms with Gasteiger partial charge in [-0.2, -0.15) is 0 Å². The summed E-state index contributed by atoms with van der Waals surface area (Å²) in [7, 11) is 0. The number of ketones is 1. The molecular weight excluding hydrogens is 258 g/mol. The average molecular weight is 266 g/mol. The molecule has 0 saturated heterocycles. The second-order valence-corrected chi connectivity index (χ2v) is 3.91. The molecule has 0 atom stereocenters. The van der Waals surface area contributed by atoms with E-state index in [4.69, 9.17) is 4.42 Å². The number of nitrogens with zero attached hydrogens (tertiary/aromatic N) is 1. The van der Waals surface area contributed by atoms with Crippen LogP contribution in [0.5, 0.6) is 0 Å². The van der Waals surface area contributed by atoms with Crippen molar-refractivity contribution >= 4 is 21.7 Å². The van der Waals surface area contributed by atoms with Crippen molar-refractivity contribution in [1.82, 2.24) is 4.98 Å². The number of carbonyl (C=O) groups excluding carboxylic acids is 1. The van der Waals surface area contributed by atoms with Gasteiger partial charge in [-0.25, -0.2) is 0 Å². The molecule has 0 fully saturated rings. The summed E-state index contributed by atoms with van der Waals surface area (Å²) in [4.78, 5) is 15.6. The standard InChI is InChI=1S/C11H8BrNO2/c12-9-3-6-15-11(9)10(14)7-8-1-4-13-5-2-8/h1-6H,7H2. The molecule has 2 aromatic rings. The molecule has 0 aliphatic rings. The molecule has 0 aromatic carbocycles. The zero-order valence-corrected chi connectivity index (χ0v) is 9.40. The third-order valence-corrected chi connectivity index (χ3v) is 2.61. The highest BCUT2D eigenvalue weighted by Crippen LogP contribution is 2.19. The van der Waals surface area contributed by atoms with Crippen LogP contribution in [0.2, 0.25) is 0 Å². The SMILES string of the molecule is O=C(Cc1ccncc1)c1occc1Br. The van der Waals surface area contributed by atoms with Gasteiger partial charge in [-0.05, 0) is 39.7 Å². The minimum atomic E-state index is -0.0434. The number of furan rings is 1. The lowest BCUT2D eigenvalue weighted by molar-refractivity contribution is 0.0965. The summed E-state index contributed by atoms with van der Waals surface area (Å²) in [6.45, 7) is 0. The van der Waals surface area contributed by atoms with Gasteiger partial charge in [0.1, 0.15) is 0 Å². The second kappa shape index (κ2) is 4.40. The van der Waals surface area contributed by atoms with Crippen LogP contribution in [-0.2, 0) is 6.42 Å². The molecule has 0 N–H and O–H groups in total. The topological polar surface area (TPSA) is 43.1 Å². The Balaban J connectivity index is 2.15. The molecule has 0 bridgehead atoms. The molecule has 0 aliphatic heterocycles. The van der Waals surface area contributed by atoms with Crippen LogP contribution in [0.25, 0.3) is 0 Å². The maximum Gasteiger partial charge on any atom is 0.203 e. The maximum atomic E-state index is 11.8. The molecule has 15 heavy (non-hydrogen) atoms. The number of rotatable bonds is 3. The molecule has 2 rings (SSSR count). The molecule has 76 valence electrons. The van der Waals surface area contributed by atoms with E-state index in [9.17, 15) is 4.79 Å². The first-order chi connectivity index (χ1) is 7.27. The van der Waals surface area contributed by atoms with Crippen molar-refractivity contribution in [3.05, 3.63) is 52.7 Å². The molecule has 2 heterocycles. The zero-order valence-electron chi connectivity index (χ0n) is 7.81. The van der Waals surface area contributed by atoms with Crippen LogP contribution in [0.4, 0.5) is 0 Å². The van der Waals surface area contributed by atoms with Crippen LogP contribution in [-0.4, -0.2) is 10.8 Å². The first kappa shape index (κ1) is 10.1. The van der Waals surface area contributed by atoms with Crippen molar-refractivity contribution in [2.75, 3.05) is 0 Å². The molecule has 2 aromatic heterocycles.